The Labute approximate surface area is 317 Å². The minimum absolute atomic E-state index is 0. The average Bonchev–Trinajstić information content (AvgIpc) is 3.87. The molecular formula is C33H35N6NaO10S. The van der Waals surface area contributed by atoms with Crippen LogP contribution >= 0.6 is 0 Å². The summed E-state index contributed by atoms with van der Waals surface area (Å²) in [5.41, 5.74) is 1.63. The van der Waals surface area contributed by atoms with Crippen LogP contribution in [0, 0.1) is 0 Å². The molecule has 5 aliphatic rings. The van der Waals surface area contributed by atoms with E-state index in [1.54, 1.807) is 12.2 Å². The summed E-state index contributed by atoms with van der Waals surface area (Å²) < 4.78 is 37.4. The number of aliphatic imine (C=N–C) groups is 1. The van der Waals surface area contributed by atoms with Crippen LogP contribution in [0.4, 0.5) is 5.69 Å². The smallest absolute Gasteiger partial charge is 0.744 e. The predicted octanol–water partition coefficient (Wildman–Crippen LogP) is -2.55. The number of nitrogens with one attached hydrogen (secondary N) is 2. The molecule has 1 atom stereocenters. The van der Waals surface area contributed by atoms with Crippen molar-refractivity contribution >= 4 is 57.1 Å². The van der Waals surface area contributed by atoms with Crippen molar-refractivity contribution in [2.45, 2.75) is 24.8 Å². The normalized spacial score (nSPS) is 18.5. The minimum atomic E-state index is -4.46. The molecule has 0 fully saturated rings. The summed E-state index contributed by atoms with van der Waals surface area (Å²) in [5.74, 6) is -0.693. The zero-order valence-electron chi connectivity index (χ0n) is 28.2. The third kappa shape index (κ3) is 13.1. The first-order chi connectivity index (χ1) is 23.6. The molecule has 16 nitrogen and oxygen atoms in total. The van der Waals surface area contributed by atoms with Crippen LogP contribution < -0.4 is 45.1 Å². The number of hydrogen-bond donors (Lipinski definition) is 2. The molecule has 0 spiro atoms. The van der Waals surface area contributed by atoms with Crippen LogP contribution in [0.1, 0.15) is 13.8 Å². The zero-order valence-corrected chi connectivity index (χ0v) is 31.1. The van der Waals surface area contributed by atoms with E-state index >= 15 is 0 Å². The molecule has 18 heteroatoms. The van der Waals surface area contributed by atoms with Crippen molar-refractivity contribution in [3.05, 3.63) is 97.4 Å². The molecule has 1 aromatic rings. The second-order valence-electron chi connectivity index (χ2n) is 10.7. The van der Waals surface area contributed by atoms with E-state index in [1.165, 1.54) is 53.5 Å². The van der Waals surface area contributed by atoms with Crippen LogP contribution in [0.2, 0.25) is 0 Å². The van der Waals surface area contributed by atoms with Crippen molar-refractivity contribution < 1.29 is 76.0 Å². The quantitative estimate of drug-likeness (QED) is 0.123. The van der Waals surface area contributed by atoms with Gasteiger partial charge in [-0.05, 0) is 50.3 Å². The summed E-state index contributed by atoms with van der Waals surface area (Å²) in [4.78, 5) is 73.7. The van der Waals surface area contributed by atoms with Gasteiger partial charge in [-0.2, -0.15) is 0 Å². The van der Waals surface area contributed by atoms with Gasteiger partial charge in [0.1, 0.15) is 10.1 Å². The number of rotatable bonds is 8. The number of carbonyl (C=O) groups excluding carboxylic acids is 6. The van der Waals surface area contributed by atoms with Crippen LogP contribution in [-0.2, 0) is 43.6 Å². The molecule has 51 heavy (non-hydrogen) atoms. The Bertz CT molecular complexity index is 1720. The molecule has 0 saturated carbocycles. The van der Waals surface area contributed by atoms with E-state index in [-0.39, 0.29) is 96.2 Å². The molecule has 0 bridgehead atoms. The molecular weight excluding hydrogens is 695 g/mol. The number of ether oxygens (including phenoxy) is 1. The molecule has 0 aromatic heterocycles. The van der Waals surface area contributed by atoms with Gasteiger partial charge in [0.2, 0.25) is 5.91 Å². The molecule has 2 N–H and O–H groups in total. The number of carbonyl (C=O) groups is 6. The predicted molar refractivity (Wildman–Crippen MR) is 180 cm³/mol. The van der Waals surface area contributed by atoms with Crippen LogP contribution in [-0.4, -0.2) is 103 Å². The molecule has 264 valence electrons. The largest absolute Gasteiger partial charge is 1.00 e. The Kier molecular flexibility index (Phi) is 16.3. The second-order valence-corrected chi connectivity index (χ2v) is 12.1. The number of benzene rings is 1. The molecule has 0 radical (unpaired) electrons. The van der Waals surface area contributed by atoms with Crippen molar-refractivity contribution in [2.24, 2.45) is 4.99 Å². The van der Waals surface area contributed by atoms with Crippen molar-refractivity contribution in [3.63, 3.8) is 0 Å². The molecule has 5 heterocycles. The number of hydrogen-bond acceptors (Lipinski definition) is 12. The third-order valence-corrected chi connectivity index (χ3v) is 7.66. The van der Waals surface area contributed by atoms with Crippen LogP contribution in [0.25, 0.3) is 0 Å². The summed E-state index contributed by atoms with van der Waals surface area (Å²) in [5, 5.41) is 5.64. The average molecular weight is 731 g/mol. The maximum atomic E-state index is 11.5. The second kappa shape index (κ2) is 19.6. The maximum Gasteiger partial charge on any atom is 1.00 e. The van der Waals surface area contributed by atoms with E-state index in [0.717, 1.165) is 34.3 Å². The van der Waals surface area contributed by atoms with Crippen molar-refractivity contribution in [1.82, 2.24) is 20.4 Å². The van der Waals surface area contributed by atoms with E-state index in [4.69, 9.17) is 4.74 Å². The summed E-state index contributed by atoms with van der Waals surface area (Å²) in [6.45, 7) is 12.9. The number of imide groups is 2. The minimum Gasteiger partial charge on any atom is -0.744 e. The molecule has 1 aromatic carbocycles. The van der Waals surface area contributed by atoms with Gasteiger partial charge in [-0.1, -0.05) is 13.2 Å². The summed E-state index contributed by atoms with van der Waals surface area (Å²) in [6.07, 6.45) is 10.8. The van der Waals surface area contributed by atoms with Gasteiger partial charge in [0.05, 0.1) is 43.6 Å². The molecule has 6 amide bonds. The Morgan fingerprint density at radius 1 is 0.804 bits per heavy atom. The Morgan fingerprint density at radius 3 is 1.59 bits per heavy atom. The van der Waals surface area contributed by atoms with E-state index < -0.39 is 10.1 Å². The number of nitrogens with zero attached hydrogens (tertiary/aromatic N) is 4. The topological polar surface area (TPSA) is 215 Å². The fourth-order valence-electron chi connectivity index (χ4n) is 4.37. The number of amides is 6. The zero-order chi connectivity index (χ0) is 37.0. The SMILES string of the molecule is C=C1C=CC(=O)N1.C=C1C=CC(=O)N1c1ccc(S(=O)(=O)[O-])cc1.CC1=NCC(C)N1.O=C1C=CC(=O)N1CCOCCN1C(=O)C=CC1=O.[Na+]. The Morgan fingerprint density at radius 2 is 1.29 bits per heavy atom. The maximum absolute atomic E-state index is 11.5. The van der Waals surface area contributed by atoms with Gasteiger partial charge in [-0.3, -0.25) is 48.5 Å². The van der Waals surface area contributed by atoms with E-state index in [1.807, 2.05) is 6.92 Å². The molecule has 5 aliphatic heterocycles. The number of allylic oxidation sites excluding steroid dienone is 2. The first kappa shape index (κ1) is 42.4. The monoisotopic (exact) mass is 730 g/mol. The third-order valence-electron chi connectivity index (χ3n) is 6.81. The van der Waals surface area contributed by atoms with Gasteiger partial charge in [0.25, 0.3) is 29.5 Å². The molecule has 6 rings (SSSR count). The van der Waals surface area contributed by atoms with E-state index in [9.17, 15) is 41.7 Å². The molecule has 0 saturated heterocycles. The first-order valence-electron chi connectivity index (χ1n) is 14.9. The molecule has 1 unspecified atom stereocenters. The van der Waals surface area contributed by atoms with Gasteiger partial charge in [0.15, 0.2) is 0 Å². The van der Waals surface area contributed by atoms with Gasteiger partial charge >= 0.3 is 29.6 Å². The van der Waals surface area contributed by atoms with Crippen LogP contribution in [0.3, 0.4) is 0 Å². The number of amidine groups is 1. The fourth-order valence-corrected chi connectivity index (χ4v) is 4.84. The Hall–Kier alpha value is -4.78. The summed E-state index contributed by atoms with van der Waals surface area (Å²) in [6, 6.07) is 5.68. The van der Waals surface area contributed by atoms with Crippen molar-refractivity contribution in [2.75, 3.05) is 37.7 Å². The summed E-state index contributed by atoms with van der Waals surface area (Å²) >= 11 is 0. The van der Waals surface area contributed by atoms with Crippen LogP contribution in [0.15, 0.2) is 107 Å². The molecule has 0 aliphatic carbocycles. The van der Waals surface area contributed by atoms with Gasteiger partial charge in [-0.25, -0.2) is 8.42 Å². The van der Waals surface area contributed by atoms with Crippen molar-refractivity contribution in [1.29, 1.82) is 0 Å². The van der Waals surface area contributed by atoms with Gasteiger partial charge in [0, 0.05) is 59.6 Å². The number of anilines is 1. The van der Waals surface area contributed by atoms with Gasteiger partial charge in [-0.15, -0.1) is 0 Å². The first-order valence-corrected chi connectivity index (χ1v) is 16.3. The Balaban J connectivity index is 0.000000255. The standard InChI is InChI=1S/C12H12N2O5.C11H9NO4S.C5H10N2.C5H5NO.Na/c15-9-1-2-10(16)13(9)5-7-19-8-6-14-11(17)3-4-12(14)18;1-8-2-7-11(13)12(8)9-3-5-10(6-4-9)17(14,15)16;1-4-3-6-5(2)7-4;1-4-2-3-5(7)6-4;/h1-4H,5-8H2;2-7H,1H2,(H,14,15,16);4H,3H2,1-2H3,(H,6,7);2-3H,1H2,(H,6,7);/q;;;;+1/p-1. The van der Waals surface area contributed by atoms with Gasteiger partial charge < -0.3 is 19.9 Å². The summed E-state index contributed by atoms with van der Waals surface area (Å²) in [7, 11) is -4.46. The fraction of sp³-hybridized carbons (Fsp3) is 0.242. The van der Waals surface area contributed by atoms with Crippen LogP contribution in [0.5, 0.6) is 0 Å². The van der Waals surface area contributed by atoms with E-state index in [2.05, 4.69) is 35.7 Å². The van der Waals surface area contributed by atoms with E-state index in [0.29, 0.717) is 23.1 Å². The van der Waals surface area contributed by atoms with Crippen molar-refractivity contribution in [3.8, 4) is 0 Å².